The molecular formula is C24H29N5O3. The molecule has 8 nitrogen and oxygen atoms in total. The highest BCUT2D eigenvalue weighted by molar-refractivity contribution is 6.03. The summed E-state index contributed by atoms with van der Waals surface area (Å²) in [6.45, 7) is 9.26. The van der Waals surface area contributed by atoms with Crippen LogP contribution < -0.4 is 5.32 Å². The van der Waals surface area contributed by atoms with Gasteiger partial charge in [-0.15, -0.1) is 0 Å². The van der Waals surface area contributed by atoms with E-state index in [0.29, 0.717) is 24.6 Å². The molecule has 1 fully saturated rings. The van der Waals surface area contributed by atoms with Crippen LogP contribution in [-0.2, 0) is 11.3 Å². The van der Waals surface area contributed by atoms with Gasteiger partial charge in [-0.3, -0.25) is 15.0 Å². The molecule has 0 radical (unpaired) electrons. The molecule has 2 aromatic carbocycles. The van der Waals surface area contributed by atoms with Crippen LogP contribution in [0.1, 0.15) is 36.7 Å². The normalized spacial score (nSPS) is 15.0. The quantitative estimate of drug-likeness (QED) is 0.649. The number of nitrogens with one attached hydrogen (secondary N) is 2. The summed E-state index contributed by atoms with van der Waals surface area (Å²) >= 11 is 0. The number of carbonyl (C=O) groups is 2. The zero-order valence-corrected chi connectivity index (χ0v) is 18.7. The van der Waals surface area contributed by atoms with Crippen molar-refractivity contribution in [3.63, 3.8) is 0 Å². The number of para-hydroxylation sites is 2. The number of aromatic amines is 1. The number of nitrogens with zero attached hydrogens (tertiary/aromatic N) is 3. The van der Waals surface area contributed by atoms with E-state index in [9.17, 15) is 9.59 Å². The first-order valence-electron chi connectivity index (χ1n) is 10.8. The summed E-state index contributed by atoms with van der Waals surface area (Å²) in [5.74, 6) is 0.227. The molecule has 0 bridgehead atoms. The predicted molar refractivity (Wildman–Crippen MR) is 124 cm³/mol. The van der Waals surface area contributed by atoms with Crippen LogP contribution in [-0.4, -0.2) is 63.5 Å². The van der Waals surface area contributed by atoms with Crippen LogP contribution in [0.2, 0.25) is 0 Å². The predicted octanol–water partition coefficient (Wildman–Crippen LogP) is 3.87. The number of piperazine rings is 1. The molecule has 8 heteroatoms. The molecular weight excluding hydrogens is 406 g/mol. The Hall–Kier alpha value is -3.39. The van der Waals surface area contributed by atoms with E-state index in [4.69, 9.17) is 4.74 Å². The standard InChI is InChI=1S/C24H29N5O3/c1-24(2,3)32-23(31)29-14-12-28(13-15-29)16-17-8-10-18(11-9-17)21(30)27-22-25-19-6-4-5-7-20(19)26-22/h4-11H,12-16H2,1-3H3,(H2,25,26,27,30). The van der Waals surface area contributed by atoms with Gasteiger partial charge in [0.15, 0.2) is 0 Å². The zero-order valence-electron chi connectivity index (χ0n) is 18.7. The number of anilines is 1. The number of hydrogen-bond acceptors (Lipinski definition) is 5. The van der Waals surface area contributed by atoms with Crippen LogP contribution in [0, 0.1) is 0 Å². The monoisotopic (exact) mass is 435 g/mol. The number of H-pyrrole nitrogens is 1. The summed E-state index contributed by atoms with van der Waals surface area (Å²) in [6, 6.07) is 15.2. The number of fused-ring (bicyclic) bond motifs is 1. The van der Waals surface area contributed by atoms with Crippen LogP contribution in [0.15, 0.2) is 48.5 Å². The van der Waals surface area contributed by atoms with E-state index >= 15 is 0 Å². The van der Waals surface area contributed by atoms with Gasteiger partial charge in [-0.2, -0.15) is 0 Å². The molecule has 1 saturated heterocycles. The second kappa shape index (κ2) is 9.00. The number of carbonyl (C=O) groups excluding carboxylic acids is 2. The van der Waals surface area contributed by atoms with Gasteiger partial charge >= 0.3 is 6.09 Å². The van der Waals surface area contributed by atoms with Gasteiger partial charge in [-0.05, 0) is 50.6 Å². The smallest absolute Gasteiger partial charge is 0.410 e. The molecule has 0 atom stereocenters. The lowest BCUT2D eigenvalue weighted by molar-refractivity contribution is 0.0139. The Balaban J connectivity index is 1.28. The van der Waals surface area contributed by atoms with E-state index in [0.717, 1.165) is 36.2 Å². The van der Waals surface area contributed by atoms with Crippen LogP contribution in [0.5, 0.6) is 0 Å². The minimum atomic E-state index is -0.480. The van der Waals surface area contributed by atoms with Crippen LogP contribution in [0.3, 0.4) is 0 Å². The molecule has 0 spiro atoms. The van der Waals surface area contributed by atoms with E-state index in [1.54, 1.807) is 4.90 Å². The lowest BCUT2D eigenvalue weighted by atomic mass is 10.1. The topological polar surface area (TPSA) is 90.6 Å². The first-order chi connectivity index (χ1) is 15.3. The van der Waals surface area contributed by atoms with Gasteiger partial charge in [0.1, 0.15) is 5.60 Å². The van der Waals surface area contributed by atoms with Crippen molar-refractivity contribution >= 4 is 29.0 Å². The van der Waals surface area contributed by atoms with Crippen molar-refractivity contribution in [2.24, 2.45) is 0 Å². The maximum Gasteiger partial charge on any atom is 0.410 e. The lowest BCUT2D eigenvalue weighted by Gasteiger charge is -2.35. The van der Waals surface area contributed by atoms with Gasteiger partial charge in [0.05, 0.1) is 11.0 Å². The molecule has 2 heterocycles. The molecule has 1 aliphatic heterocycles. The number of aromatic nitrogens is 2. The minimum Gasteiger partial charge on any atom is -0.444 e. The molecule has 4 rings (SSSR count). The van der Waals surface area contributed by atoms with Crippen molar-refractivity contribution in [3.05, 3.63) is 59.7 Å². The van der Waals surface area contributed by atoms with Crippen molar-refractivity contribution in [1.29, 1.82) is 0 Å². The van der Waals surface area contributed by atoms with Gasteiger partial charge in [0, 0.05) is 38.3 Å². The largest absolute Gasteiger partial charge is 0.444 e. The second-order valence-electron chi connectivity index (χ2n) is 9.00. The maximum atomic E-state index is 12.6. The third kappa shape index (κ3) is 5.45. The molecule has 1 aromatic heterocycles. The lowest BCUT2D eigenvalue weighted by Crippen LogP contribution is -2.49. The van der Waals surface area contributed by atoms with Crippen molar-refractivity contribution in [3.8, 4) is 0 Å². The molecule has 2 amide bonds. The molecule has 0 aliphatic carbocycles. The maximum absolute atomic E-state index is 12.6. The number of amides is 2. The fraction of sp³-hybridized carbons (Fsp3) is 0.375. The van der Waals surface area contributed by atoms with Gasteiger partial charge in [-0.25, -0.2) is 9.78 Å². The van der Waals surface area contributed by atoms with Gasteiger partial charge in [0.25, 0.3) is 5.91 Å². The van der Waals surface area contributed by atoms with E-state index < -0.39 is 5.60 Å². The average Bonchev–Trinajstić information content (AvgIpc) is 3.16. The number of benzene rings is 2. The first-order valence-corrected chi connectivity index (χ1v) is 10.8. The molecule has 1 aliphatic rings. The molecule has 0 saturated carbocycles. The summed E-state index contributed by atoms with van der Waals surface area (Å²) in [5.41, 5.74) is 2.90. The minimum absolute atomic E-state index is 0.207. The molecule has 2 N–H and O–H groups in total. The Bertz CT molecular complexity index is 1060. The molecule has 168 valence electrons. The zero-order chi connectivity index (χ0) is 22.7. The third-order valence-corrected chi connectivity index (χ3v) is 5.27. The Morgan fingerprint density at radius 1 is 1.03 bits per heavy atom. The third-order valence-electron chi connectivity index (χ3n) is 5.27. The first kappa shape index (κ1) is 21.8. The summed E-state index contributed by atoms with van der Waals surface area (Å²) < 4.78 is 5.45. The van der Waals surface area contributed by atoms with Gasteiger partial charge in [0.2, 0.25) is 5.95 Å². The number of hydrogen-bond donors (Lipinski definition) is 2. The number of ether oxygens (including phenoxy) is 1. The summed E-state index contributed by atoms with van der Waals surface area (Å²) in [7, 11) is 0. The van der Waals surface area contributed by atoms with Crippen LogP contribution in [0.4, 0.5) is 10.7 Å². The SMILES string of the molecule is CC(C)(C)OC(=O)N1CCN(Cc2ccc(C(=O)Nc3nc4ccccc4[nH]3)cc2)CC1. The highest BCUT2D eigenvalue weighted by Gasteiger charge is 2.25. The van der Waals surface area contributed by atoms with E-state index in [1.807, 2.05) is 69.3 Å². The number of rotatable bonds is 4. The van der Waals surface area contributed by atoms with Gasteiger partial charge in [-0.1, -0.05) is 24.3 Å². The second-order valence-corrected chi connectivity index (χ2v) is 9.00. The van der Waals surface area contributed by atoms with E-state index in [-0.39, 0.29) is 12.0 Å². The van der Waals surface area contributed by atoms with Crippen molar-refractivity contribution < 1.29 is 14.3 Å². The van der Waals surface area contributed by atoms with Crippen molar-refractivity contribution in [1.82, 2.24) is 19.8 Å². The molecule has 32 heavy (non-hydrogen) atoms. The van der Waals surface area contributed by atoms with Crippen molar-refractivity contribution in [2.75, 3.05) is 31.5 Å². The Kier molecular flexibility index (Phi) is 6.14. The fourth-order valence-corrected chi connectivity index (χ4v) is 3.63. The summed E-state index contributed by atoms with van der Waals surface area (Å²) in [4.78, 5) is 36.3. The Morgan fingerprint density at radius 2 is 1.72 bits per heavy atom. The van der Waals surface area contributed by atoms with Gasteiger partial charge < -0.3 is 14.6 Å². The average molecular weight is 436 g/mol. The molecule has 3 aromatic rings. The van der Waals surface area contributed by atoms with Crippen LogP contribution in [0.25, 0.3) is 11.0 Å². The van der Waals surface area contributed by atoms with Crippen molar-refractivity contribution in [2.45, 2.75) is 32.9 Å². The van der Waals surface area contributed by atoms with E-state index in [2.05, 4.69) is 20.2 Å². The fourth-order valence-electron chi connectivity index (χ4n) is 3.63. The van der Waals surface area contributed by atoms with Crippen LogP contribution >= 0.6 is 0 Å². The highest BCUT2D eigenvalue weighted by Crippen LogP contribution is 2.16. The number of imidazole rings is 1. The Morgan fingerprint density at radius 3 is 2.38 bits per heavy atom. The van der Waals surface area contributed by atoms with E-state index in [1.165, 1.54) is 0 Å². The molecule has 0 unspecified atom stereocenters. The highest BCUT2D eigenvalue weighted by atomic mass is 16.6. The Labute approximate surface area is 187 Å². The summed E-state index contributed by atoms with van der Waals surface area (Å²) in [5, 5.41) is 2.81. The summed E-state index contributed by atoms with van der Waals surface area (Å²) in [6.07, 6.45) is -0.253.